The number of nitrogens with one attached hydrogen (secondary N) is 1. The molecule has 0 saturated heterocycles. The molecule has 0 bridgehead atoms. The van der Waals surface area contributed by atoms with Gasteiger partial charge in [0.25, 0.3) is 11.5 Å². The van der Waals surface area contributed by atoms with Crippen molar-refractivity contribution in [1.29, 1.82) is 0 Å². The lowest BCUT2D eigenvalue weighted by Crippen LogP contribution is -2.28. The lowest BCUT2D eigenvalue weighted by Gasteiger charge is -2.06. The zero-order valence-electron chi connectivity index (χ0n) is 14.0. The Kier molecular flexibility index (Phi) is 5.46. The Bertz CT molecular complexity index is 1040. The standard InChI is InChI=1S/C18H15Cl2N3O2S/c1-10-6-7-13(17(25)23(10)2)16(24)22-18-21-9-12(26-18)8-11-4-3-5-14(19)15(11)20/h3-7,9H,8H2,1-2H3,(H,21,22,24). The van der Waals surface area contributed by atoms with Gasteiger partial charge in [0, 0.05) is 30.2 Å². The number of pyridine rings is 1. The molecule has 3 rings (SSSR count). The van der Waals surface area contributed by atoms with Gasteiger partial charge in [-0.2, -0.15) is 0 Å². The minimum atomic E-state index is -0.479. The van der Waals surface area contributed by atoms with Crippen molar-refractivity contribution in [1.82, 2.24) is 9.55 Å². The molecule has 8 heteroatoms. The molecule has 0 atom stereocenters. The number of carbonyl (C=O) groups excluding carboxylic acids is 1. The van der Waals surface area contributed by atoms with Crippen molar-refractivity contribution in [2.45, 2.75) is 13.3 Å². The largest absolute Gasteiger partial charge is 0.315 e. The van der Waals surface area contributed by atoms with E-state index in [0.717, 1.165) is 16.1 Å². The molecule has 134 valence electrons. The minimum Gasteiger partial charge on any atom is -0.315 e. The number of benzene rings is 1. The molecule has 1 aromatic carbocycles. The summed E-state index contributed by atoms with van der Waals surface area (Å²) < 4.78 is 1.43. The molecule has 1 N–H and O–H groups in total. The van der Waals surface area contributed by atoms with E-state index >= 15 is 0 Å². The maximum Gasteiger partial charge on any atom is 0.263 e. The number of halogens is 2. The fraction of sp³-hybridized carbons (Fsp3) is 0.167. The minimum absolute atomic E-state index is 0.0766. The third-order valence-corrected chi connectivity index (χ3v) is 5.74. The zero-order chi connectivity index (χ0) is 18.8. The van der Waals surface area contributed by atoms with E-state index in [9.17, 15) is 9.59 Å². The second-order valence-electron chi connectivity index (χ2n) is 5.73. The van der Waals surface area contributed by atoms with Crippen molar-refractivity contribution in [2.24, 2.45) is 7.05 Å². The summed E-state index contributed by atoms with van der Waals surface area (Å²) in [4.78, 5) is 29.7. The van der Waals surface area contributed by atoms with Crippen molar-refractivity contribution in [3.05, 3.63) is 78.6 Å². The normalized spacial score (nSPS) is 10.8. The van der Waals surface area contributed by atoms with Crippen molar-refractivity contribution >= 4 is 45.6 Å². The fourth-order valence-electron chi connectivity index (χ4n) is 2.38. The number of nitrogens with zero attached hydrogens (tertiary/aromatic N) is 2. The Morgan fingerprint density at radius 3 is 2.81 bits per heavy atom. The lowest BCUT2D eigenvalue weighted by atomic mass is 10.1. The predicted octanol–water partition coefficient (Wildman–Crippen LogP) is 4.30. The van der Waals surface area contributed by atoms with Crippen LogP contribution in [0.5, 0.6) is 0 Å². The molecule has 5 nitrogen and oxygen atoms in total. The summed E-state index contributed by atoms with van der Waals surface area (Å²) >= 11 is 13.6. The van der Waals surface area contributed by atoms with Crippen molar-refractivity contribution < 1.29 is 4.79 Å². The number of hydrogen-bond acceptors (Lipinski definition) is 4. The number of carbonyl (C=O) groups is 1. The summed E-state index contributed by atoms with van der Waals surface area (Å²) in [6, 6.07) is 8.70. The molecule has 2 aromatic heterocycles. The van der Waals surface area contributed by atoms with Crippen LogP contribution in [0.1, 0.15) is 26.5 Å². The molecular weight excluding hydrogens is 393 g/mol. The highest BCUT2D eigenvalue weighted by atomic mass is 35.5. The van der Waals surface area contributed by atoms with Crippen LogP contribution in [0.25, 0.3) is 0 Å². The number of amides is 1. The maximum absolute atomic E-state index is 12.4. The average Bonchev–Trinajstić information content (AvgIpc) is 3.04. The SMILES string of the molecule is Cc1ccc(C(=O)Nc2ncc(Cc3cccc(Cl)c3Cl)s2)c(=O)n1C. The summed E-state index contributed by atoms with van der Waals surface area (Å²) in [5, 5.41) is 4.10. The topological polar surface area (TPSA) is 64.0 Å². The van der Waals surface area contributed by atoms with E-state index < -0.39 is 5.91 Å². The highest BCUT2D eigenvalue weighted by Crippen LogP contribution is 2.29. The molecule has 26 heavy (non-hydrogen) atoms. The van der Waals surface area contributed by atoms with Crippen LogP contribution in [-0.2, 0) is 13.5 Å². The number of aromatic nitrogens is 2. The first-order valence-electron chi connectivity index (χ1n) is 7.72. The van der Waals surface area contributed by atoms with Crippen LogP contribution < -0.4 is 10.9 Å². The van der Waals surface area contributed by atoms with Gasteiger partial charge in [-0.25, -0.2) is 4.98 Å². The van der Waals surface area contributed by atoms with Crippen LogP contribution in [0.3, 0.4) is 0 Å². The molecular formula is C18H15Cl2N3O2S. The van der Waals surface area contributed by atoms with E-state index in [1.54, 1.807) is 32.3 Å². The van der Waals surface area contributed by atoms with E-state index in [1.807, 2.05) is 12.1 Å². The van der Waals surface area contributed by atoms with E-state index in [4.69, 9.17) is 23.2 Å². The molecule has 0 unspecified atom stereocenters. The van der Waals surface area contributed by atoms with Gasteiger partial charge in [-0.05, 0) is 30.7 Å². The molecule has 0 fully saturated rings. The van der Waals surface area contributed by atoms with Crippen LogP contribution in [0.2, 0.25) is 10.0 Å². The fourth-order valence-corrected chi connectivity index (χ4v) is 3.60. The second kappa shape index (κ2) is 7.61. The summed E-state index contributed by atoms with van der Waals surface area (Å²) in [6.45, 7) is 1.80. The van der Waals surface area contributed by atoms with Gasteiger partial charge in [0.1, 0.15) is 5.56 Å². The van der Waals surface area contributed by atoms with Gasteiger partial charge in [-0.3, -0.25) is 14.9 Å². The van der Waals surface area contributed by atoms with Gasteiger partial charge in [-0.15, -0.1) is 11.3 Å². The molecule has 0 aliphatic rings. The lowest BCUT2D eigenvalue weighted by molar-refractivity contribution is 0.102. The summed E-state index contributed by atoms with van der Waals surface area (Å²) in [6.07, 6.45) is 2.23. The third kappa shape index (κ3) is 3.82. The van der Waals surface area contributed by atoms with Crippen molar-refractivity contribution in [3.63, 3.8) is 0 Å². The molecule has 2 heterocycles. The second-order valence-corrected chi connectivity index (χ2v) is 7.63. The Morgan fingerprint density at radius 1 is 1.27 bits per heavy atom. The summed E-state index contributed by atoms with van der Waals surface area (Å²) in [5.74, 6) is -0.479. The van der Waals surface area contributed by atoms with Crippen molar-refractivity contribution in [3.8, 4) is 0 Å². The number of hydrogen-bond donors (Lipinski definition) is 1. The zero-order valence-corrected chi connectivity index (χ0v) is 16.4. The number of thiazole rings is 1. The van der Waals surface area contributed by atoms with Gasteiger partial charge >= 0.3 is 0 Å². The molecule has 0 radical (unpaired) electrons. The van der Waals surface area contributed by atoms with Gasteiger partial charge in [0.05, 0.1) is 10.0 Å². The van der Waals surface area contributed by atoms with E-state index in [0.29, 0.717) is 21.6 Å². The van der Waals surface area contributed by atoms with Crippen LogP contribution >= 0.6 is 34.5 Å². The number of anilines is 1. The molecule has 1 amide bonds. The molecule has 3 aromatic rings. The highest BCUT2D eigenvalue weighted by molar-refractivity contribution is 7.15. The number of aryl methyl sites for hydroxylation is 1. The van der Waals surface area contributed by atoms with Crippen molar-refractivity contribution in [2.75, 3.05) is 5.32 Å². The first kappa shape index (κ1) is 18.6. The van der Waals surface area contributed by atoms with Crippen LogP contribution in [0, 0.1) is 6.92 Å². The average molecular weight is 408 g/mol. The van der Waals surface area contributed by atoms with E-state index in [-0.39, 0.29) is 11.1 Å². The van der Waals surface area contributed by atoms with E-state index in [2.05, 4.69) is 10.3 Å². The van der Waals surface area contributed by atoms with Gasteiger partial charge in [-0.1, -0.05) is 35.3 Å². The van der Waals surface area contributed by atoms with Gasteiger partial charge in [0.15, 0.2) is 5.13 Å². The Morgan fingerprint density at radius 2 is 2.04 bits per heavy atom. The molecule has 0 aliphatic heterocycles. The maximum atomic E-state index is 12.4. The van der Waals surface area contributed by atoms with E-state index in [1.165, 1.54) is 22.0 Å². The molecule has 0 saturated carbocycles. The molecule has 0 aliphatic carbocycles. The van der Waals surface area contributed by atoms with Gasteiger partial charge in [0.2, 0.25) is 0 Å². The number of rotatable bonds is 4. The quantitative estimate of drug-likeness (QED) is 0.700. The Hall–Kier alpha value is -2.15. The van der Waals surface area contributed by atoms with Crippen LogP contribution in [0.4, 0.5) is 5.13 Å². The first-order valence-corrected chi connectivity index (χ1v) is 9.29. The first-order chi connectivity index (χ1) is 12.4. The smallest absolute Gasteiger partial charge is 0.263 e. The monoisotopic (exact) mass is 407 g/mol. The van der Waals surface area contributed by atoms with Crippen LogP contribution in [0.15, 0.2) is 41.3 Å². The summed E-state index contributed by atoms with van der Waals surface area (Å²) in [7, 11) is 1.63. The molecule has 0 spiro atoms. The Labute approximate surface area is 164 Å². The summed E-state index contributed by atoms with van der Waals surface area (Å²) in [5.41, 5.74) is 1.40. The van der Waals surface area contributed by atoms with Crippen LogP contribution in [-0.4, -0.2) is 15.5 Å². The third-order valence-electron chi connectivity index (χ3n) is 3.97. The highest BCUT2D eigenvalue weighted by Gasteiger charge is 2.15. The predicted molar refractivity (Wildman–Crippen MR) is 106 cm³/mol. The van der Waals surface area contributed by atoms with Gasteiger partial charge < -0.3 is 4.57 Å². The Balaban J connectivity index is 1.76.